The first-order chi connectivity index (χ1) is 9.15. The lowest BCUT2D eigenvalue weighted by atomic mass is 10.1. The normalized spacial score (nSPS) is 29.5. The summed E-state index contributed by atoms with van der Waals surface area (Å²) in [6.45, 7) is 2.75. The van der Waals surface area contributed by atoms with Crippen molar-refractivity contribution in [3.63, 3.8) is 0 Å². The molecule has 0 aliphatic carbocycles. The van der Waals surface area contributed by atoms with Gasteiger partial charge in [-0.05, 0) is 31.4 Å². The van der Waals surface area contributed by atoms with Crippen LogP contribution < -0.4 is 4.90 Å². The fourth-order valence-electron chi connectivity index (χ4n) is 3.14. The molecular weight excluding hydrogens is 242 g/mol. The number of hydrogen-bond acceptors (Lipinski definition) is 3. The highest BCUT2D eigenvalue weighted by atomic mass is 16.5. The van der Waals surface area contributed by atoms with E-state index in [-0.39, 0.29) is 6.10 Å². The number of hydrogen-bond donors (Lipinski definition) is 1. The lowest BCUT2D eigenvalue weighted by Crippen LogP contribution is -2.42. The zero-order chi connectivity index (χ0) is 13.4. The van der Waals surface area contributed by atoms with Crippen molar-refractivity contribution in [1.82, 2.24) is 0 Å². The van der Waals surface area contributed by atoms with E-state index in [1.165, 1.54) is 0 Å². The number of carboxylic acids is 1. The number of rotatable bonds is 3. The first-order valence-corrected chi connectivity index (χ1v) is 6.88. The van der Waals surface area contributed by atoms with Crippen molar-refractivity contribution < 1.29 is 14.6 Å². The monoisotopic (exact) mass is 261 g/mol. The van der Waals surface area contributed by atoms with Crippen LogP contribution in [0, 0.1) is 0 Å². The molecule has 3 unspecified atom stereocenters. The first kappa shape index (κ1) is 12.5. The van der Waals surface area contributed by atoms with Crippen LogP contribution in [0.15, 0.2) is 24.3 Å². The van der Waals surface area contributed by atoms with Crippen LogP contribution in [0.3, 0.4) is 0 Å². The zero-order valence-electron chi connectivity index (χ0n) is 11.1. The fraction of sp³-hybridized carbons (Fsp3) is 0.533. The summed E-state index contributed by atoms with van der Waals surface area (Å²) >= 11 is 0. The molecule has 0 aromatic heterocycles. The number of ether oxygens (including phenoxy) is 1. The summed E-state index contributed by atoms with van der Waals surface area (Å²) in [4.78, 5) is 13.4. The van der Waals surface area contributed by atoms with E-state index in [2.05, 4.69) is 6.92 Å². The minimum atomic E-state index is -0.748. The SMILES string of the molecule is CC1CCC(CN2c3ccccc3CC2C(=O)O)O1. The number of para-hydroxylation sites is 1. The molecule has 4 nitrogen and oxygen atoms in total. The maximum absolute atomic E-state index is 11.4. The van der Waals surface area contributed by atoms with Gasteiger partial charge in [-0.25, -0.2) is 4.79 Å². The maximum atomic E-state index is 11.4. The third-order valence-corrected chi connectivity index (χ3v) is 4.10. The Labute approximate surface area is 113 Å². The zero-order valence-corrected chi connectivity index (χ0v) is 11.1. The van der Waals surface area contributed by atoms with Crippen LogP contribution >= 0.6 is 0 Å². The third-order valence-electron chi connectivity index (χ3n) is 4.10. The van der Waals surface area contributed by atoms with Gasteiger partial charge < -0.3 is 14.7 Å². The van der Waals surface area contributed by atoms with Crippen LogP contribution in [0.1, 0.15) is 25.3 Å². The smallest absolute Gasteiger partial charge is 0.326 e. The summed E-state index contributed by atoms with van der Waals surface area (Å²) in [5.74, 6) is -0.748. The predicted molar refractivity (Wildman–Crippen MR) is 72.5 cm³/mol. The van der Waals surface area contributed by atoms with Crippen LogP contribution in [-0.4, -0.2) is 35.9 Å². The topological polar surface area (TPSA) is 49.8 Å². The van der Waals surface area contributed by atoms with E-state index in [1.807, 2.05) is 29.2 Å². The van der Waals surface area contributed by atoms with Crippen molar-refractivity contribution in [3.8, 4) is 0 Å². The Bertz CT molecular complexity index is 488. The van der Waals surface area contributed by atoms with E-state index < -0.39 is 12.0 Å². The Balaban J connectivity index is 1.81. The highest BCUT2D eigenvalue weighted by Gasteiger charge is 2.36. The van der Waals surface area contributed by atoms with Crippen molar-refractivity contribution in [3.05, 3.63) is 29.8 Å². The van der Waals surface area contributed by atoms with E-state index in [0.717, 1.165) is 24.1 Å². The lowest BCUT2D eigenvalue weighted by Gasteiger charge is -2.27. The molecule has 1 aromatic rings. The van der Waals surface area contributed by atoms with Gasteiger partial charge in [0.05, 0.1) is 12.2 Å². The van der Waals surface area contributed by atoms with Gasteiger partial charge in [0.2, 0.25) is 0 Å². The molecule has 1 fully saturated rings. The van der Waals surface area contributed by atoms with Gasteiger partial charge in [0.15, 0.2) is 0 Å². The molecule has 1 N–H and O–H groups in total. The fourth-order valence-corrected chi connectivity index (χ4v) is 3.14. The van der Waals surface area contributed by atoms with Crippen LogP contribution in [0.4, 0.5) is 5.69 Å². The van der Waals surface area contributed by atoms with Crippen LogP contribution in [0.25, 0.3) is 0 Å². The molecule has 0 bridgehead atoms. The first-order valence-electron chi connectivity index (χ1n) is 6.88. The Morgan fingerprint density at radius 1 is 1.42 bits per heavy atom. The van der Waals surface area contributed by atoms with Gasteiger partial charge in [0, 0.05) is 18.7 Å². The Kier molecular flexibility index (Phi) is 3.19. The third kappa shape index (κ3) is 2.32. The van der Waals surface area contributed by atoms with Gasteiger partial charge in [0.25, 0.3) is 0 Å². The molecule has 102 valence electrons. The molecule has 2 aliphatic heterocycles. The van der Waals surface area contributed by atoms with Gasteiger partial charge in [-0.15, -0.1) is 0 Å². The Morgan fingerprint density at radius 3 is 2.89 bits per heavy atom. The van der Waals surface area contributed by atoms with Crippen LogP contribution in [0.5, 0.6) is 0 Å². The van der Waals surface area contributed by atoms with Gasteiger partial charge in [-0.2, -0.15) is 0 Å². The molecule has 3 atom stereocenters. The molecule has 0 spiro atoms. The summed E-state index contributed by atoms with van der Waals surface area (Å²) in [5.41, 5.74) is 2.18. The van der Waals surface area contributed by atoms with Crippen LogP contribution in [0.2, 0.25) is 0 Å². The largest absolute Gasteiger partial charge is 0.480 e. The quantitative estimate of drug-likeness (QED) is 0.905. The van der Waals surface area contributed by atoms with Gasteiger partial charge >= 0.3 is 5.97 Å². The molecule has 0 radical (unpaired) electrons. The summed E-state index contributed by atoms with van der Waals surface area (Å²) in [6.07, 6.45) is 3.13. The number of carbonyl (C=O) groups is 1. The van der Waals surface area contributed by atoms with Crippen molar-refractivity contribution in [2.75, 3.05) is 11.4 Å². The number of fused-ring (bicyclic) bond motifs is 1. The Morgan fingerprint density at radius 2 is 2.21 bits per heavy atom. The van der Waals surface area contributed by atoms with Crippen molar-refractivity contribution in [2.45, 2.75) is 44.4 Å². The lowest BCUT2D eigenvalue weighted by molar-refractivity contribution is -0.138. The highest BCUT2D eigenvalue weighted by Crippen LogP contribution is 2.33. The molecule has 2 aliphatic rings. The predicted octanol–water partition coefficient (Wildman–Crippen LogP) is 2.07. The minimum Gasteiger partial charge on any atom is -0.480 e. The molecule has 0 amide bonds. The molecule has 19 heavy (non-hydrogen) atoms. The number of benzene rings is 1. The Hall–Kier alpha value is -1.55. The number of nitrogens with zero attached hydrogens (tertiary/aromatic N) is 1. The van der Waals surface area contributed by atoms with E-state index in [1.54, 1.807) is 0 Å². The van der Waals surface area contributed by atoms with Crippen molar-refractivity contribution >= 4 is 11.7 Å². The average Bonchev–Trinajstić information content (AvgIpc) is 2.95. The minimum absolute atomic E-state index is 0.156. The standard InChI is InChI=1S/C15H19NO3/c1-10-6-7-12(19-10)9-16-13-5-3-2-4-11(13)8-14(16)15(17)18/h2-5,10,12,14H,6-9H2,1H3,(H,17,18). The van der Waals surface area contributed by atoms with Crippen molar-refractivity contribution in [1.29, 1.82) is 0 Å². The molecule has 2 heterocycles. The maximum Gasteiger partial charge on any atom is 0.326 e. The second kappa shape index (κ2) is 4.85. The summed E-state index contributed by atoms with van der Waals surface area (Å²) in [7, 11) is 0. The molecular formula is C15H19NO3. The molecule has 1 saturated heterocycles. The van der Waals surface area contributed by atoms with E-state index in [0.29, 0.717) is 19.1 Å². The molecule has 4 heteroatoms. The van der Waals surface area contributed by atoms with Crippen molar-refractivity contribution in [2.24, 2.45) is 0 Å². The van der Waals surface area contributed by atoms with Gasteiger partial charge in [-0.3, -0.25) is 0 Å². The number of anilines is 1. The van der Waals surface area contributed by atoms with Gasteiger partial charge in [0.1, 0.15) is 6.04 Å². The van der Waals surface area contributed by atoms with Crippen LogP contribution in [-0.2, 0) is 16.0 Å². The second-order valence-corrected chi connectivity index (χ2v) is 5.49. The second-order valence-electron chi connectivity index (χ2n) is 5.49. The van der Waals surface area contributed by atoms with E-state index in [9.17, 15) is 9.90 Å². The van der Waals surface area contributed by atoms with Gasteiger partial charge in [-0.1, -0.05) is 18.2 Å². The molecule has 1 aromatic carbocycles. The summed E-state index contributed by atoms with van der Waals surface area (Å²) in [6, 6.07) is 7.51. The summed E-state index contributed by atoms with van der Waals surface area (Å²) < 4.78 is 5.83. The molecule has 0 saturated carbocycles. The number of aliphatic carboxylic acids is 1. The summed E-state index contributed by atoms with van der Waals surface area (Å²) in [5, 5.41) is 9.40. The highest BCUT2D eigenvalue weighted by molar-refractivity contribution is 5.82. The molecule has 3 rings (SSSR count). The number of carboxylic acid groups (broad SMARTS) is 1. The van der Waals surface area contributed by atoms with E-state index in [4.69, 9.17) is 4.74 Å². The average molecular weight is 261 g/mol. The van der Waals surface area contributed by atoms with E-state index >= 15 is 0 Å².